The first-order chi connectivity index (χ1) is 13.8. The second-order valence-electron chi connectivity index (χ2n) is 7.39. The molecule has 0 spiro atoms. The van der Waals surface area contributed by atoms with Gasteiger partial charge in [0, 0.05) is 23.1 Å². The Morgan fingerprint density at radius 1 is 0.862 bits per heavy atom. The van der Waals surface area contributed by atoms with Gasteiger partial charge in [0.1, 0.15) is 5.82 Å². The average molecular weight is 389 g/mol. The third-order valence-corrected chi connectivity index (χ3v) is 5.12. The Morgan fingerprint density at radius 3 is 2.24 bits per heavy atom. The van der Waals surface area contributed by atoms with E-state index in [-0.39, 0.29) is 0 Å². The molecule has 4 aromatic rings. The van der Waals surface area contributed by atoms with Crippen LogP contribution >= 0.6 is 0 Å². The third-order valence-electron chi connectivity index (χ3n) is 5.12. The van der Waals surface area contributed by atoms with E-state index < -0.39 is 5.76 Å². The van der Waals surface area contributed by atoms with E-state index in [0.717, 1.165) is 22.5 Å². The van der Waals surface area contributed by atoms with Gasteiger partial charge in [0.05, 0.1) is 5.52 Å². The minimum atomic E-state index is -0.464. The number of anilines is 4. The van der Waals surface area contributed by atoms with E-state index in [1.165, 1.54) is 16.7 Å². The molecule has 29 heavy (non-hydrogen) atoms. The molecule has 0 amide bonds. The number of hydrogen-bond acceptors (Lipinski definition) is 6. The maximum absolute atomic E-state index is 11.5. The van der Waals surface area contributed by atoms with Gasteiger partial charge in [-0.15, -0.1) is 0 Å². The Labute approximate surface area is 168 Å². The lowest BCUT2D eigenvalue weighted by Crippen LogP contribution is -2.03. The molecule has 0 radical (unpaired) electrons. The first kappa shape index (κ1) is 18.7. The fourth-order valence-electron chi connectivity index (χ4n) is 3.31. The molecule has 0 aliphatic rings. The van der Waals surface area contributed by atoms with Crippen LogP contribution in [0.3, 0.4) is 0 Å². The van der Waals surface area contributed by atoms with Crippen LogP contribution in [0, 0.1) is 34.6 Å². The summed E-state index contributed by atoms with van der Waals surface area (Å²) >= 11 is 0. The number of rotatable bonds is 4. The highest BCUT2D eigenvalue weighted by Gasteiger charge is 2.10. The highest BCUT2D eigenvalue weighted by Crippen LogP contribution is 2.26. The van der Waals surface area contributed by atoms with E-state index in [9.17, 15) is 4.79 Å². The van der Waals surface area contributed by atoms with Crippen molar-refractivity contribution in [1.29, 1.82) is 0 Å². The average Bonchev–Trinajstić information content (AvgIpc) is 3.03. The number of benzene rings is 2. The fourth-order valence-corrected chi connectivity index (χ4v) is 3.31. The van der Waals surface area contributed by atoms with Gasteiger partial charge in [-0.3, -0.25) is 4.98 Å². The standard InChI is InChI=1S/C22H23N5O2/c1-11-6-16(7-12(2)15(11)5)25-21-23-10-14(4)20(27-21)24-17-8-13(3)19-18(9-17)26-22(28)29-19/h6-10H,1-5H3,(H,26,28)(H2,23,24,25,27). The van der Waals surface area contributed by atoms with Gasteiger partial charge in [-0.2, -0.15) is 4.98 Å². The molecular weight excluding hydrogens is 366 g/mol. The Balaban J connectivity index is 1.64. The predicted octanol–water partition coefficient (Wildman–Crippen LogP) is 4.94. The number of hydrogen-bond donors (Lipinski definition) is 3. The lowest BCUT2D eigenvalue weighted by molar-refractivity contribution is 0.553. The van der Waals surface area contributed by atoms with E-state index in [1.807, 2.05) is 26.0 Å². The topological polar surface area (TPSA) is 95.8 Å². The molecule has 2 heterocycles. The van der Waals surface area contributed by atoms with Gasteiger partial charge in [-0.05, 0) is 81.1 Å². The van der Waals surface area contributed by atoms with E-state index in [4.69, 9.17) is 4.42 Å². The predicted molar refractivity (Wildman–Crippen MR) is 116 cm³/mol. The summed E-state index contributed by atoms with van der Waals surface area (Å²) in [5, 5.41) is 6.60. The van der Waals surface area contributed by atoms with Crippen LogP contribution in [0.25, 0.3) is 11.1 Å². The first-order valence-corrected chi connectivity index (χ1v) is 9.39. The van der Waals surface area contributed by atoms with Crippen LogP contribution in [0.4, 0.5) is 23.1 Å². The summed E-state index contributed by atoms with van der Waals surface area (Å²) in [5.41, 5.74) is 8.46. The fraction of sp³-hybridized carbons (Fsp3) is 0.227. The summed E-state index contributed by atoms with van der Waals surface area (Å²) in [6, 6.07) is 7.92. The molecule has 2 aromatic heterocycles. The van der Waals surface area contributed by atoms with Crippen molar-refractivity contribution in [2.75, 3.05) is 10.6 Å². The number of nitrogens with one attached hydrogen (secondary N) is 3. The normalized spacial score (nSPS) is 11.1. The van der Waals surface area contributed by atoms with E-state index >= 15 is 0 Å². The maximum Gasteiger partial charge on any atom is 0.417 e. The van der Waals surface area contributed by atoms with E-state index in [1.54, 1.807) is 6.20 Å². The van der Waals surface area contributed by atoms with Crippen molar-refractivity contribution >= 4 is 34.2 Å². The number of aromatic amines is 1. The molecule has 0 saturated carbocycles. The van der Waals surface area contributed by atoms with Crippen LogP contribution in [0.5, 0.6) is 0 Å². The summed E-state index contributed by atoms with van der Waals surface area (Å²) in [7, 11) is 0. The van der Waals surface area contributed by atoms with Gasteiger partial charge >= 0.3 is 5.76 Å². The minimum absolute atomic E-state index is 0.464. The highest BCUT2D eigenvalue weighted by molar-refractivity contribution is 5.81. The van der Waals surface area contributed by atoms with Crippen LogP contribution in [-0.2, 0) is 0 Å². The molecule has 0 saturated heterocycles. The number of aromatic nitrogens is 3. The van der Waals surface area contributed by atoms with E-state index in [0.29, 0.717) is 22.9 Å². The molecule has 0 unspecified atom stereocenters. The molecule has 0 fully saturated rings. The molecule has 0 bridgehead atoms. The van der Waals surface area contributed by atoms with Crippen molar-refractivity contribution in [3.05, 3.63) is 68.8 Å². The molecule has 2 aromatic carbocycles. The minimum Gasteiger partial charge on any atom is -0.408 e. The van der Waals surface area contributed by atoms with Gasteiger partial charge in [-0.25, -0.2) is 9.78 Å². The van der Waals surface area contributed by atoms with Crippen LogP contribution < -0.4 is 16.4 Å². The number of oxazole rings is 1. The van der Waals surface area contributed by atoms with Crippen molar-refractivity contribution < 1.29 is 4.42 Å². The van der Waals surface area contributed by atoms with Gasteiger partial charge in [-0.1, -0.05) is 0 Å². The van der Waals surface area contributed by atoms with Gasteiger partial charge < -0.3 is 15.1 Å². The van der Waals surface area contributed by atoms with Gasteiger partial charge in [0.15, 0.2) is 5.58 Å². The molecule has 4 rings (SSSR count). The molecule has 7 nitrogen and oxygen atoms in total. The van der Waals surface area contributed by atoms with Gasteiger partial charge in [0.2, 0.25) is 5.95 Å². The van der Waals surface area contributed by atoms with Crippen LogP contribution in [0.15, 0.2) is 39.7 Å². The molecular formula is C22H23N5O2. The zero-order valence-corrected chi connectivity index (χ0v) is 17.1. The zero-order valence-electron chi connectivity index (χ0n) is 17.1. The first-order valence-electron chi connectivity index (χ1n) is 9.39. The number of aryl methyl sites for hydroxylation is 4. The van der Waals surface area contributed by atoms with Crippen LogP contribution in [0.2, 0.25) is 0 Å². The summed E-state index contributed by atoms with van der Waals surface area (Å²) in [4.78, 5) is 23.2. The monoisotopic (exact) mass is 389 g/mol. The Hall–Kier alpha value is -3.61. The molecule has 3 N–H and O–H groups in total. The summed E-state index contributed by atoms with van der Waals surface area (Å²) in [5.74, 6) is 0.733. The molecule has 148 valence electrons. The summed E-state index contributed by atoms with van der Waals surface area (Å²) in [6.45, 7) is 10.1. The Morgan fingerprint density at radius 2 is 1.52 bits per heavy atom. The molecule has 7 heteroatoms. The molecule has 0 aliphatic carbocycles. The maximum atomic E-state index is 11.5. The van der Waals surface area contributed by atoms with Crippen molar-refractivity contribution in [3.63, 3.8) is 0 Å². The van der Waals surface area contributed by atoms with Crippen LogP contribution in [-0.4, -0.2) is 15.0 Å². The third kappa shape index (κ3) is 3.71. The Bertz CT molecular complexity index is 1260. The second-order valence-corrected chi connectivity index (χ2v) is 7.39. The Kier molecular flexibility index (Phi) is 4.58. The SMILES string of the molecule is Cc1cnc(Nc2cc(C)c(C)c(C)c2)nc1Nc1cc(C)c2oc(=O)[nH]c2c1. The lowest BCUT2D eigenvalue weighted by atomic mass is 10.0. The quantitative estimate of drug-likeness (QED) is 0.457. The lowest BCUT2D eigenvalue weighted by Gasteiger charge is -2.13. The zero-order chi connectivity index (χ0) is 20.7. The second kappa shape index (κ2) is 7.09. The van der Waals surface area contributed by atoms with Crippen molar-refractivity contribution in [2.45, 2.75) is 34.6 Å². The summed E-state index contributed by atoms with van der Waals surface area (Å²) in [6.07, 6.45) is 1.77. The number of nitrogens with zero attached hydrogens (tertiary/aromatic N) is 2. The smallest absolute Gasteiger partial charge is 0.408 e. The van der Waals surface area contributed by atoms with E-state index in [2.05, 4.69) is 58.5 Å². The largest absolute Gasteiger partial charge is 0.417 e. The van der Waals surface area contributed by atoms with Crippen LogP contribution in [0.1, 0.15) is 27.8 Å². The van der Waals surface area contributed by atoms with Crippen molar-refractivity contribution in [3.8, 4) is 0 Å². The number of H-pyrrole nitrogens is 1. The van der Waals surface area contributed by atoms with Crippen molar-refractivity contribution in [1.82, 2.24) is 15.0 Å². The molecule has 0 atom stereocenters. The summed E-state index contributed by atoms with van der Waals surface area (Å²) < 4.78 is 5.17. The molecule has 0 aliphatic heterocycles. The van der Waals surface area contributed by atoms with Gasteiger partial charge in [0.25, 0.3) is 0 Å². The highest BCUT2D eigenvalue weighted by atomic mass is 16.4. The van der Waals surface area contributed by atoms with Crippen molar-refractivity contribution in [2.24, 2.45) is 0 Å². The number of fused-ring (bicyclic) bond motifs is 1.